The first kappa shape index (κ1) is 23.9. The smallest absolute Gasteiger partial charge is 0.298 e. The van der Waals surface area contributed by atoms with Crippen LogP contribution in [0.1, 0.15) is 17.0 Å². The van der Waals surface area contributed by atoms with Gasteiger partial charge in [0.05, 0.1) is 7.05 Å². The van der Waals surface area contributed by atoms with Gasteiger partial charge >= 0.3 is 0 Å². The Labute approximate surface area is 251 Å². The maximum Gasteiger partial charge on any atom is 0.298 e. The van der Waals surface area contributed by atoms with Crippen molar-refractivity contribution in [1.29, 1.82) is 0 Å². The summed E-state index contributed by atoms with van der Waals surface area (Å²) in [4.78, 5) is 4.52. The summed E-state index contributed by atoms with van der Waals surface area (Å²) in [6.07, 6.45) is 10.3. The topological polar surface area (TPSA) is 57.2 Å². The molecule has 0 saturated carbocycles. The van der Waals surface area contributed by atoms with E-state index in [9.17, 15) is 0 Å². The van der Waals surface area contributed by atoms with Gasteiger partial charge in [-0.3, -0.25) is 0 Å². The summed E-state index contributed by atoms with van der Waals surface area (Å²) in [6, 6.07) is 27.6. The number of imidazole rings is 1. The van der Waals surface area contributed by atoms with Crippen molar-refractivity contribution < 1.29 is 18.1 Å². The van der Waals surface area contributed by atoms with Crippen LogP contribution in [0.5, 0.6) is 5.75 Å². The van der Waals surface area contributed by atoms with Crippen LogP contribution in [0.25, 0.3) is 72.1 Å². The van der Waals surface area contributed by atoms with Crippen LogP contribution in [-0.4, -0.2) is 15.7 Å². The number of rotatable bonds is 2. The highest BCUT2D eigenvalue weighted by Gasteiger charge is 2.34. The van der Waals surface area contributed by atoms with E-state index in [1.807, 2.05) is 6.07 Å². The molecule has 0 bridgehead atoms. The molecule has 4 aromatic carbocycles. The molecule has 2 aliphatic rings. The first-order chi connectivity index (χ1) is 21.6. The summed E-state index contributed by atoms with van der Waals surface area (Å²) in [5.41, 5.74) is 9.77. The van der Waals surface area contributed by atoms with E-state index >= 15 is 0 Å². The van der Waals surface area contributed by atoms with Crippen LogP contribution in [0, 0.1) is 6.92 Å². The molecule has 210 valence electrons. The van der Waals surface area contributed by atoms with Crippen LogP contribution in [-0.2, 0) is 7.05 Å². The SMILES string of the molecule is Cc1ccc2c(oc3ncccc32)c1-c1n(-c2ccc3c(c2)oc2cc4c(cc23)OC2C=CC=CC42)c2ccccc2[n+]1C. The number of nitrogens with zero attached hydrogens (tertiary/aromatic N) is 3. The number of para-hydroxylation sites is 2. The van der Waals surface area contributed by atoms with E-state index < -0.39 is 0 Å². The summed E-state index contributed by atoms with van der Waals surface area (Å²) < 4.78 is 23.9. The minimum Gasteiger partial charge on any atom is -0.485 e. The van der Waals surface area contributed by atoms with Gasteiger partial charge in [0, 0.05) is 45.3 Å². The van der Waals surface area contributed by atoms with Crippen molar-refractivity contribution in [3.05, 3.63) is 120 Å². The van der Waals surface area contributed by atoms with Crippen molar-refractivity contribution in [2.75, 3.05) is 0 Å². The normalized spacial score (nSPS) is 17.3. The molecule has 0 amide bonds. The molecule has 0 N–H and O–H groups in total. The van der Waals surface area contributed by atoms with Gasteiger partial charge in [0.2, 0.25) is 5.71 Å². The van der Waals surface area contributed by atoms with Gasteiger partial charge in [-0.2, -0.15) is 4.57 Å². The van der Waals surface area contributed by atoms with E-state index in [0.29, 0.717) is 5.71 Å². The molecule has 2 unspecified atom stereocenters. The van der Waals surface area contributed by atoms with E-state index in [1.165, 1.54) is 5.56 Å². The number of pyridine rings is 1. The van der Waals surface area contributed by atoms with E-state index in [0.717, 1.165) is 77.7 Å². The number of furan rings is 2. The molecule has 5 heterocycles. The summed E-state index contributed by atoms with van der Waals surface area (Å²) in [7, 11) is 2.12. The Balaban J connectivity index is 1.23. The first-order valence-electron chi connectivity index (χ1n) is 14.9. The van der Waals surface area contributed by atoms with Crippen molar-refractivity contribution in [3.8, 4) is 22.8 Å². The maximum absolute atomic E-state index is 6.57. The Morgan fingerprint density at radius 3 is 2.61 bits per heavy atom. The summed E-state index contributed by atoms with van der Waals surface area (Å²) in [5.74, 6) is 2.18. The molecule has 4 aromatic heterocycles. The first-order valence-corrected chi connectivity index (χ1v) is 14.9. The van der Waals surface area contributed by atoms with Crippen LogP contribution >= 0.6 is 0 Å². The Bertz CT molecular complexity index is 2580. The number of fused-ring (bicyclic) bond motifs is 10. The highest BCUT2D eigenvalue weighted by molar-refractivity contribution is 6.09. The maximum atomic E-state index is 6.57. The van der Waals surface area contributed by atoms with Gasteiger partial charge in [-0.1, -0.05) is 42.5 Å². The highest BCUT2D eigenvalue weighted by atomic mass is 16.5. The Kier molecular flexibility index (Phi) is 4.60. The third kappa shape index (κ3) is 3.09. The van der Waals surface area contributed by atoms with Gasteiger partial charge in [0.1, 0.15) is 34.3 Å². The molecular formula is C38H26N3O3+. The van der Waals surface area contributed by atoms with Crippen LogP contribution in [0.15, 0.2) is 118 Å². The zero-order chi connectivity index (χ0) is 29.1. The Hall–Kier alpha value is -5.62. The van der Waals surface area contributed by atoms with Gasteiger partial charge in [-0.25, -0.2) is 9.55 Å². The molecule has 6 nitrogen and oxygen atoms in total. The largest absolute Gasteiger partial charge is 0.485 e. The third-order valence-electron chi connectivity index (χ3n) is 9.42. The number of aryl methyl sites for hydroxylation is 2. The molecular weight excluding hydrogens is 546 g/mol. The fourth-order valence-electron chi connectivity index (χ4n) is 7.34. The number of aromatic nitrogens is 3. The number of ether oxygens (including phenoxy) is 1. The van der Waals surface area contributed by atoms with Crippen molar-refractivity contribution in [3.63, 3.8) is 0 Å². The van der Waals surface area contributed by atoms with Gasteiger partial charge in [-0.05, 0) is 67.1 Å². The molecule has 0 saturated heterocycles. The second kappa shape index (κ2) is 8.48. The molecule has 0 spiro atoms. The third-order valence-corrected chi connectivity index (χ3v) is 9.42. The zero-order valence-electron chi connectivity index (χ0n) is 24.1. The predicted octanol–water partition coefficient (Wildman–Crippen LogP) is 8.59. The lowest BCUT2D eigenvalue weighted by Gasteiger charge is -2.13. The quantitative estimate of drug-likeness (QED) is 0.195. The zero-order valence-corrected chi connectivity index (χ0v) is 24.1. The number of benzene rings is 4. The summed E-state index contributed by atoms with van der Waals surface area (Å²) >= 11 is 0. The molecule has 1 aliphatic heterocycles. The van der Waals surface area contributed by atoms with Crippen molar-refractivity contribution >= 4 is 55.0 Å². The molecule has 0 fully saturated rings. The van der Waals surface area contributed by atoms with Crippen LogP contribution in [0.2, 0.25) is 0 Å². The van der Waals surface area contributed by atoms with Crippen LogP contribution in [0.4, 0.5) is 0 Å². The van der Waals surface area contributed by atoms with Crippen molar-refractivity contribution in [2.45, 2.75) is 18.9 Å². The minimum absolute atomic E-state index is 0.0519. The molecule has 6 heteroatoms. The summed E-state index contributed by atoms with van der Waals surface area (Å²) in [6.45, 7) is 2.14. The van der Waals surface area contributed by atoms with Gasteiger partial charge < -0.3 is 13.6 Å². The Morgan fingerprint density at radius 1 is 0.795 bits per heavy atom. The lowest BCUT2D eigenvalue weighted by atomic mass is 9.91. The second-order valence-corrected chi connectivity index (χ2v) is 11.8. The average Bonchev–Trinajstić information content (AvgIpc) is 3.78. The van der Waals surface area contributed by atoms with E-state index in [2.05, 4.69) is 125 Å². The standard InChI is InChI=1S/C38H26N3O3/c1-21-13-15-25-26-9-7-17-39-37(26)44-36(25)35(21)38-40(2)29-10-4-5-11-30(29)41(38)22-14-16-24-28-20-33-27(19-34(28)43-32(24)18-22)23-8-3-6-12-31(23)42-33/h3-20,23,31H,1-2H3/q+1. The monoisotopic (exact) mass is 572 g/mol. The Morgan fingerprint density at radius 2 is 1.66 bits per heavy atom. The van der Waals surface area contributed by atoms with Gasteiger partial charge in [0.25, 0.3) is 5.82 Å². The molecule has 1 aliphatic carbocycles. The lowest BCUT2D eigenvalue weighted by Crippen LogP contribution is -2.30. The molecule has 0 radical (unpaired) electrons. The second-order valence-electron chi connectivity index (χ2n) is 11.8. The molecule has 8 aromatic rings. The average molecular weight is 573 g/mol. The highest BCUT2D eigenvalue weighted by Crippen LogP contribution is 2.45. The van der Waals surface area contributed by atoms with Crippen molar-refractivity contribution in [2.24, 2.45) is 7.05 Å². The van der Waals surface area contributed by atoms with Gasteiger partial charge in [0.15, 0.2) is 16.6 Å². The van der Waals surface area contributed by atoms with E-state index in [4.69, 9.17) is 13.6 Å². The molecule has 10 rings (SSSR count). The van der Waals surface area contributed by atoms with Gasteiger partial charge in [-0.15, -0.1) is 0 Å². The lowest BCUT2D eigenvalue weighted by molar-refractivity contribution is -0.633. The molecule has 44 heavy (non-hydrogen) atoms. The number of hydrogen-bond donors (Lipinski definition) is 0. The minimum atomic E-state index is 0.0519. The number of hydrogen-bond acceptors (Lipinski definition) is 4. The van der Waals surface area contributed by atoms with Crippen LogP contribution in [0.3, 0.4) is 0 Å². The fraction of sp³-hybridized carbons (Fsp3) is 0.105. The summed E-state index contributed by atoms with van der Waals surface area (Å²) in [5, 5.41) is 4.20. The van der Waals surface area contributed by atoms with E-state index in [-0.39, 0.29) is 12.0 Å². The predicted molar refractivity (Wildman–Crippen MR) is 172 cm³/mol. The van der Waals surface area contributed by atoms with Crippen LogP contribution < -0.4 is 9.30 Å². The fourth-order valence-corrected chi connectivity index (χ4v) is 7.34. The van der Waals surface area contributed by atoms with Crippen molar-refractivity contribution in [1.82, 2.24) is 9.55 Å². The number of allylic oxidation sites excluding steroid dienone is 2. The molecule has 2 atom stereocenters. The van der Waals surface area contributed by atoms with E-state index in [1.54, 1.807) is 6.20 Å².